The largest absolute Gasteiger partial charge is 0.457 e. The molecule has 6 rings (SSSR count). The molecule has 0 aliphatic carbocycles. The maximum atomic E-state index is 13.2. The normalized spacial score (nSPS) is 14.6. The van der Waals surface area contributed by atoms with Crippen LogP contribution in [0.3, 0.4) is 0 Å². The van der Waals surface area contributed by atoms with Gasteiger partial charge in [-0.25, -0.2) is 10.1 Å². The molecular formula is C30H27N7O3. The first-order valence-electron chi connectivity index (χ1n) is 13.1. The highest BCUT2D eigenvalue weighted by Gasteiger charge is 2.26. The molecule has 2 aliphatic heterocycles. The van der Waals surface area contributed by atoms with Gasteiger partial charge in [-0.2, -0.15) is 10.4 Å². The van der Waals surface area contributed by atoms with E-state index in [1.165, 1.54) is 0 Å². The second-order valence-electron chi connectivity index (χ2n) is 9.88. The van der Waals surface area contributed by atoms with E-state index >= 15 is 0 Å². The minimum absolute atomic E-state index is 0.0166. The Morgan fingerprint density at radius 1 is 0.975 bits per heavy atom. The Balaban J connectivity index is 1.09. The fourth-order valence-corrected chi connectivity index (χ4v) is 5.18. The van der Waals surface area contributed by atoms with Gasteiger partial charge >= 0.3 is 0 Å². The first-order chi connectivity index (χ1) is 19.5. The Kier molecular flexibility index (Phi) is 6.62. The molecule has 40 heavy (non-hydrogen) atoms. The summed E-state index contributed by atoms with van der Waals surface area (Å²) in [5, 5.41) is 15.4. The van der Waals surface area contributed by atoms with Crippen molar-refractivity contribution in [2.75, 3.05) is 36.0 Å². The van der Waals surface area contributed by atoms with Gasteiger partial charge in [-0.15, -0.1) is 0 Å². The third-order valence-electron chi connectivity index (χ3n) is 7.46. The zero-order chi connectivity index (χ0) is 27.6. The van der Waals surface area contributed by atoms with Crippen LogP contribution in [0.1, 0.15) is 32.6 Å². The third-order valence-corrected chi connectivity index (χ3v) is 7.46. The Bertz CT molecular complexity index is 1650. The van der Waals surface area contributed by atoms with E-state index in [1.54, 1.807) is 37.5 Å². The number of benzene rings is 2. The Morgan fingerprint density at radius 3 is 2.50 bits per heavy atom. The Morgan fingerprint density at radius 2 is 1.77 bits per heavy atom. The summed E-state index contributed by atoms with van der Waals surface area (Å²) in [5.41, 5.74) is 4.60. The van der Waals surface area contributed by atoms with Gasteiger partial charge in [0.05, 0.1) is 17.4 Å². The van der Waals surface area contributed by atoms with E-state index in [2.05, 4.69) is 37.1 Å². The molecule has 2 aromatic carbocycles. The number of aromatic nitrogens is 3. The number of nitrogens with one attached hydrogen (secondary N) is 1. The minimum atomic E-state index is -0.190. The summed E-state index contributed by atoms with van der Waals surface area (Å²) >= 11 is 0. The predicted octanol–water partition coefficient (Wildman–Crippen LogP) is 3.62. The van der Waals surface area contributed by atoms with Gasteiger partial charge in [0.15, 0.2) is 0 Å². The van der Waals surface area contributed by atoms with Crippen LogP contribution in [0.5, 0.6) is 11.5 Å². The number of carbonyl (C=O) groups excluding carboxylic acids is 1. The van der Waals surface area contributed by atoms with Crippen LogP contribution in [0.15, 0.2) is 71.8 Å². The summed E-state index contributed by atoms with van der Waals surface area (Å²) in [6, 6.07) is 18.9. The van der Waals surface area contributed by atoms with Gasteiger partial charge in [0, 0.05) is 62.2 Å². The fraction of sp³-hybridized carbons (Fsp3) is 0.233. The fourth-order valence-electron chi connectivity index (χ4n) is 5.18. The van der Waals surface area contributed by atoms with E-state index in [1.807, 2.05) is 35.2 Å². The van der Waals surface area contributed by atoms with Gasteiger partial charge in [-0.05, 0) is 55.0 Å². The lowest BCUT2D eigenvalue weighted by atomic mass is 10.1. The van der Waals surface area contributed by atoms with Crippen molar-refractivity contribution in [2.24, 2.45) is 0 Å². The zero-order valence-electron chi connectivity index (χ0n) is 22.0. The molecule has 10 nitrogen and oxygen atoms in total. The molecule has 200 valence electrons. The molecule has 1 amide bonds. The number of carbonyl (C=O) groups is 1. The molecule has 10 heteroatoms. The Labute approximate surface area is 231 Å². The summed E-state index contributed by atoms with van der Waals surface area (Å²) in [5.74, 6) is 2.19. The number of anilines is 2. The number of pyridine rings is 1. The van der Waals surface area contributed by atoms with Gasteiger partial charge in [0.2, 0.25) is 0 Å². The molecule has 0 unspecified atom stereocenters. The highest BCUT2D eigenvalue weighted by Crippen LogP contribution is 2.36. The van der Waals surface area contributed by atoms with Crippen LogP contribution in [-0.2, 0) is 13.1 Å². The maximum absolute atomic E-state index is 13.2. The molecule has 4 heterocycles. The van der Waals surface area contributed by atoms with E-state index in [9.17, 15) is 9.59 Å². The molecule has 0 spiro atoms. The standard InChI is InChI=1S/C30H27N7O3/c1-20-26(17-33-34-29(20)38)37-18-23-3-2-4-27(25(23)19-37)40-24-8-6-22(7-9-24)30(39)36-13-11-35(12-14-36)28-10-5-21(15-31)16-32-28/h2-10,16-17H,11-14,18-19H2,1H3,(H,34,38). The van der Waals surface area contributed by atoms with E-state index in [-0.39, 0.29) is 11.5 Å². The molecule has 0 atom stereocenters. The van der Waals surface area contributed by atoms with Crippen LogP contribution in [0, 0.1) is 18.3 Å². The number of rotatable bonds is 5. The molecule has 4 aromatic rings. The maximum Gasteiger partial charge on any atom is 0.269 e. The number of aromatic amines is 1. The van der Waals surface area contributed by atoms with Gasteiger partial charge in [0.1, 0.15) is 23.4 Å². The van der Waals surface area contributed by atoms with Crippen molar-refractivity contribution in [3.63, 3.8) is 0 Å². The monoisotopic (exact) mass is 533 g/mol. The van der Waals surface area contributed by atoms with Crippen LogP contribution < -0.4 is 20.1 Å². The van der Waals surface area contributed by atoms with Crippen LogP contribution in [0.4, 0.5) is 11.5 Å². The Hall–Kier alpha value is -5.17. The number of piperazine rings is 1. The zero-order valence-corrected chi connectivity index (χ0v) is 22.0. The smallest absolute Gasteiger partial charge is 0.269 e. The second kappa shape index (κ2) is 10.5. The number of hydrogen-bond acceptors (Lipinski definition) is 8. The van der Waals surface area contributed by atoms with Crippen LogP contribution in [-0.4, -0.2) is 52.2 Å². The van der Waals surface area contributed by atoms with Crippen molar-refractivity contribution in [3.8, 4) is 17.6 Å². The first-order valence-corrected chi connectivity index (χ1v) is 13.1. The van der Waals surface area contributed by atoms with E-state index in [4.69, 9.17) is 10.00 Å². The molecule has 2 aromatic heterocycles. The van der Waals surface area contributed by atoms with Crippen molar-refractivity contribution in [2.45, 2.75) is 20.0 Å². The second-order valence-corrected chi connectivity index (χ2v) is 9.88. The molecule has 1 saturated heterocycles. The van der Waals surface area contributed by atoms with Crippen LogP contribution >= 0.6 is 0 Å². The summed E-state index contributed by atoms with van der Waals surface area (Å²) in [6.45, 7) is 5.61. The average Bonchev–Trinajstić information content (AvgIpc) is 3.44. The number of ether oxygens (including phenoxy) is 1. The van der Waals surface area contributed by atoms with Crippen molar-refractivity contribution in [1.29, 1.82) is 5.26 Å². The minimum Gasteiger partial charge on any atom is -0.457 e. The summed E-state index contributed by atoms with van der Waals surface area (Å²) in [4.78, 5) is 35.6. The SMILES string of the molecule is Cc1c(N2Cc3cccc(Oc4ccc(C(=O)N5CCN(c6ccc(C#N)cn6)CC5)cc4)c3C2)cn[nH]c1=O. The predicted molar refractivity (Wildman–Crippen MR) is 150 cm³/mol. The number of hydrogen-bond donors (Lipinski definition) is 1. The molecule has 0 bridgehead atoms. The van der Waals surface area contributed by atoms with Crippen LogP contribution in [0.25, 0.3) is 0 Å². The van der Waals surface area contributed by atoms with E-state index in [0.29, 0.717) is 61.7 Å². The number of H-pyrrole nitrogens is 1. The highest BCUT2D eigenvalue weighted by atomic mass is 16.5. The lowest BCUT2D eigenvalue weighted by molar-refractivity contribution is 0.0746. The molecular weight excluding hydrogens is 506 g/mol. The number of fused-ring (bicyclic) bond motifs is 1. The topological polar surface area (TPSA) is 118 Å². The molecule has 0 saturated carbocycles. The van der Waals surface area contributed by atoms with Gasteiger partial charge in [-0.1, -0.05) is 12.1 Å². The first kappa shape index (κ1) is 25.1. The quantitative estimate of drug-likeness (QED) is 0.413. The number of nitriles is 1. The van der Waals surface area contributed by atoms with Gasteiger partial charge in [-0.3, -0.25) is 9.59 Å². The lowest BCUT2D eigenvalue weighted by Gasteiger charge is -2.35. The van der Waals surface area contributed by atoms with E-state index in [0.717, 1.165) is 28.4 Å². The highest BCUT2D eigenvalue weighted by molar-refractivity contribution is 5.94. The summed E-state index contributed by atoms with van der Waals surface area (Å²) in [6.07, 6.45) is 3.25. The van der Waals surface area contributed by atoms with Crippen molar-refractivity contribution in [3.05, 3.63) is 105 Å². The molecule has 0 radical (unpaired) electrons. The number of amides is 1. The van der Waals surface area contributed by atoms with Crippen molar-refractivity contribution in [1.82, 2.24) is 20.1 Å². The number of nitrogens with zero attached hydrogens (tertiary/aromatic N) is 6. The lowest BCUT2D eigenvalue weighted by Crippen LogP contribution is -2.49. The summed E-state index contributed by atoms with van der Waals surface area (Å²) < 4.78 is 6.25. The van der Waals surface area contributed by atoms with Gasteiger partial charge < -0.3 is 19.4 Å². The summed E-state index contributed by atoms with van der Waals surface area (Å²) in [7, 11) is 0. The molecule has 1 fully saturated rings. The average molecular weight is 534 g/mol. The molecule has 2 aliphatic rings. The van der Waals surface area contributed by atoms with Crippen molar-refractivity contribution < 1.29 is 9.53 Å². The van der Waals surface area contributed by atoms with Crippen molar-refractivity contribution >= 4 is 17.4 Å². The third kappa shape index (κ3) is 4.85. The van der Waals surface area contributed by atoms with Crippen LogP contribution in [0.2, 0.25) is 0 Å². The van der Waals surface area contributed by atoms with Gasteiger partial charge in [0.25, 0.3) is 11.5 Å². The molecule has 1 N–H and O–H groups in total. The van der Waals surface area contributed by atoms with E-state index < -0.39 is 0 Å².